The number of nitrogens with two attached hydrogens (primary N) is 1. The molecule has 0 heterocycles. The lowest BCUT2D eigenvalue weighted by Gasteiger charge is -2.30. The van der Waals surface area contributed by atoms with Crippen LogP contribution in [-0.2, 0) is 11.3 Å². The molecule has 1 atom stereocenters. The lowest BCUT2D eigenvalue weighted by molar-refractivity contribution is -0.133. The highest BCUT2D eigenvalue weighted by molar-refractivity contribution is 5.76. The summed E-state index contributed by atoms with van der Waals surface area (Å²) in [5.74, 6) is 0.583. The highest BCUT2D eigenvalue weighted by atomic mass is 16.2. The number of nitrogens with zero attached hydrogens (tertiary/aromatic N) is 1. The number of hydrogen-bond acceptors (Lipinski definition) is 2. The fourth-order valence-corrected chi connectivity index (χ4v) is 2.14. The van der Waals surface area contributed by atoms with Crippen molar-refractivity contribution in [3.8, 4) is 0 Å². The van der Waals surface area contributed by atoms with E-state index in [0.717, 1.165) is 24.2 Å². The fraction of sp³-hybridized carbons (Fsp3) is 0.611. The van der Waals surface area contributed by atoms with E-state index in [1.165, 1.54) is 0 Å². The molecule has 0 aliphatic carbocycles. The van der Waals surface area contributed by atoms with E-state index in [1.54, 1.807) is 0 Å². The molecule has 3 heteroatoms. The first-order chi connectivity index (χ1) is 9.75. The Labute approximate surface area is 129 Å². The van der Waals surface area contributed by atoms with Gasteiger partial charge in [-0.1, -0.05) is 52.8 Å². The Hall–Kier alpha value is -1.51. The van der Waals surface area contributed by atoms with Crippen molar-refractivity contribution in [1.29, 1.82) is 0 Å². The van der Waals surface area contributed by atoms with Crippen molar-refractivity contribution in [1.82, 2.24) is 4.90 Å². The molecule has 0 spiro atoms. The second kappa shape index (κ2) is 7.48. The Bertz CT molecular complexity index is 463. The van der Waals surface area contributed by atoms with Crippen LogP contribution in [0, 0.1) is 11.3 Å². The Balaban J connectivity index is 2.77. The van der Waals surface area contributed by atoms with Gasteiger partial charge in [-0.25, -0.2) is 0 Å². The second-order valence-electron chi connectivity index (χ2n) is 6.99. The van der Waals surface area contributed by atoms with Gasteiger partial charge in [0.1, 0.15) is 0 Å². The number of carbonyl (C=O) groups excluding carboxylic acids is 1. The van der Waals surface area contributed by atoms with Gasteiger partial charge in [-0.2, -0.15) is 0 Å². The van der Waals surface area contributed by atoms with Crippen LogP contribution in [0.3, 0.4) is 0 Å². The fourth-order valence-electron chi connectivity index (χ4n) is 2.14. The molecule has 0 fully saturated rings. The summed E-state index contributed by atoms with van der Waals surface area (Å²) in [6.07, 6.45) is 1.55. The van der Waals surface area contributed by atoms with Gasteiger partial charge >= 0.3 is 0 Å². The smallest absolute Gasteiger partial charge is 0.223 e. The quantitative estimate of drug-likeness (QED) is 0.802. The van der Waals surface area contributed by atoms with E-state index in [2.05, 4.69) is 34.6 Å². The summed E-state index contributed by atoms with van der Waals surface area (Å²) in [6, 6.07) is 7.78. The largest absolute Gasteiger partial charge is 0.398 e. The van der Waals surface area contributed by atoms with E-state index in [0.29, 0.717) is 18.9 Å². The van der Waals surface area contributed by atoms with E-state index >= 15 is 0 Å². The minimum atomic E-state index is 0.152. The van der Waals surface area contributed by atoms with Gasteiger partial charge in [0, 0.05) is 25.2 Å². The molecule has 0 aliphatic rings. The number of benzene rings is 1. The van der Waals surface area contributed by atoms with Crippen molar-refractivity contribution in [2.24, 2.45) is 11.3 Å². The van der Waals surface area contributed by atoms with E-state index in [9.17, 15) is 4.79 Å². The molecule has 0 saturated carbocycles. The third kappa shape index (κ3) is 5.41. The van der Waals surface area contributed by atoms with Crippen molar-refractivity contribution in [2.45, 2.75) is 54.0 Å². The Morgan fingerprint density at radius 1 is 1.29 bits per heavy atom. The lowest BCUT2D eigenvalue weighted by Crippen LogP contribution is -2.34. The highest BCUT2D eigenvalue weighted by Crippen LogP contribution is 2.29. The molecule has 0 radical (unpaired) electrons. The molecule has 0 aliphatic heterocycles. The molecule has 3 nitrogen and oxygen atoms in total. The predicted octanol–water partition coefficient (Wildman–Crippen LogP) is 4.08. The van der Waals surface area contributed by atoms with Crippen LogP contribution < -0.4 is 5.73 Å². The Morgan fingerprint density at radius 3 is 2.43 bits per heavy atom. The minimum Gasteiger partial charge on any atom is -0.398 e. The van der Waals surface area contributed by atoms with Crippen LogP contribution in [0.1, 0.15) is 53.0 Å². The number of anilines is 1. The number of para-hydroxylation sites is 1. The maximum atomic E-state index is 12.6. The van der Waals surface area contributed by atoms with Gasteiger partial charge in [-0.3, -0.25) is 4.79 Å². The number of hydrogen-bond donors (Lipinski definition) is 1. The maximum Gasteiger partial charge on any atom is 0.223 e. The van der Waals surface area contributed by atoms with Crippen molar-refractivity contribution in [2.75, 3.05) is 12.3 Å². The number of carbonyl (C=O) groups is 1. The standard InChI is InChI=1S/C18H30N2O/c1-6-11-20(13-15-9-7-8-10-16(15)19)17(21)12-14(2)18(3,4)5/h7-10,14H,6,11-13,19H2,1-5H3. The van der Waals surface area contributed by atoms with Crippen molar-refractivity contribution >= 4 is 11.6 Å². The molecule has 0 aromatic heterocycles. The van der Waals surface area contributed by atoms with Crippen LogP contribution in [0.4, 0.5) is 5.69 Å². The van der Waals surface area contributed by atoms with E-state index in [1.807, 2.05) is 29.2 Å². The molecular weight excluding hydrogens is 260 g/mol. The second-order valence-corrected chi connectivity index (χ2v) is 6.99. The number of nitrogen functional groups attached to an aromatic ring is 1. The van der Waals surface area contributed by atoms with Crippen LogP contribution in [0.25, 0.3) is 0 Å². The summed E-state index contributed by atoms with van der Waals surface area (Å²) in [6.45, 7) is 12.2. The van der Waals surface area contributed by atoms with Crippen molar-refractivity contribution < 1.29 is 4.79 Å². The average Bonchev–Trinajstić information content (AvgIpc) is 2.39. The molecule has 1 unspecified atom stereocenters. The monoisotopic (exact) mass is 290 g/mol. The summed E-state index contributed by atoms with van der Waals surface area (Å²) in [5, 5.41) is 0. The first kappa shape index (κ1) is 17.5. The minimum absolute atomic E-state index is 0.152. The third-order valence-corrected chi connectivity index (χ3v) is 4.22. The van der Waals surface area contributed by atoms with Crippen LogP contribution in [0.15, 0.2) is 24.3 Å². The average molecular weight is 290 g/mol. The Morgan fingerprint density at radius 2 is 1.90 bits per heavy atom. The van der Waals surface area contributed by atoms with Gasteiger partial charge in [-0.05, 0) is 29.4 Å². The van der Waals surface area contributed by atoms with Gasteiger partial charge in [0.05, 0.1) is 0 Å². The zero-order valence-electron chi connectivity index (χ0n) is 14.1. The summed E-state index contributed by atoms with van der Waals surface area (Å²) in [4.78, 5) is 14.5. The zero-order valence-corrected chi connectivity index (χ0v) is 14.1. The summed E-state index contributed by atoms with van der Waals surface area (Å²) < 4.78 is 0. The zero-order chi connectivity index (χ0) is 16.0. The van der Waals surface area contributed by atoms with E-state index < -0.39 is 0 Å². The Kier molecular flexibility index (Phi) is 6.25. The van der Waals surface area contributed by atoms with E-state index in [4.69, 9.17) is 5.73 Å². The topological polar surface area (TPSA) is 46.3 Å². The van der Waals surface area contributed by atoms with Gasteiger partial charge in [0.25, 0.3) is 0 Å². The lowest BCUT2D eigenvalue weighted by atomic mass is 9.80. The van der Waals surface area contributed by atoms with Gasteiger partial charge in [0.2, 0.25) is 5.91 Å². The van der Waals surface area contributed by atoms with E-state index in [-0.39, 0.29) is 11.3 Å². The van der Waals surface area contributed by atoms with Gasteiger partial charge in [0.15, 0.2) is 0 Å². The summed E-state index contributed by atoms with van der Waals surface area (Å²) in [7, 11) is 0. The third-order valence-electron chi connectivity index (χ3n) is 4.22. The van der Waals surface area contributed by atoms with Gasteiger partial charge < -0.3 is 10.6 Å². The molecule has 1 amide bonds. The molecule has 0 saturated heterocycles. The molecule has 1 aromatic rings. The molecule has 2 N–H and O–H groups in total. The molecule has 21 heavy (non-hydrogen) atoms. The summed E-state index contributed by atoms with van der Waals surface area (Å²) >= 11 is 0. The maximum absolute atomic E-state index is 12.6. The SMILES string of the molecule is CCCN(Cc1ccccc1N)C(=O)CC(C)C(C)(C)C. The molecule has 118 valence electrons. The van der Waals surface area contributed by atoms with Crippen molar-refractivity contribution in [3.05, 3.63) is 29.8 Å². The number of rotatable bonds is 6. The van der Waals surface area contributed by atoms with Crippen LogP contribution in [-0.4, -0.2) is 17.4 Å². The van der Waals surface area contributed by atoms with Crippen molar-refractivity contribution in [3.63, 3.8) is 0 Å². The van der Waals surface area contributed by atoms with Crippen LogP contribution in [0.5, 0.6) is 0 Å². The normalized spacial score (nSPS) is 13.0. The molecule has 1 aromatic carbocycles. The van der Waals surface area contributed by atoms with Crippen LogP contribution in [0.2, 0.25) is 0 Å². The first-order valence-corrected chi connectivity index (χ1v) is 7.86. The summed E-state index contributed by atoms with van der Waals surface area (Å²) in [5.41, 5.74) is 7.94. The molecule has 1 rings (SSSR count). The highest BCUT2D eigenvalue weighted by Gasteiger charge is 2.25. The first-order valence-electron chi connectivity index (χ1n) is 7.86. The van der Waals surface area contributed by atoms with Crippen LogP contribution >= 0.6 is 0 Å². The molecule has 0 bridgehead atoms. The van der Waals surface area contributed by atoms with Gasteiger partial charge in [-0.15, -0.1) is 0 Å². The molecular formula is C18H30N2O. The number of amides is 1. The predicted molar refractivity (Wildman–Crippen MR) is 89.8 cm³/mol.